The molecule has 1 aliphatic heterocycles. The Labute approximate surface area is 147 Å². The van der Waals surface area contributed by atoms with Gasteiger partial charge in [-0.05, 0) is 47.4 Å². The number of aromatic nitrogens is 2. The predicted molar refractivity (Wildman–Crippen MR) is 95.1 cm³/mol. The van der Waals surface area contributed by atoms with Gasteiger partial charge in [0.05, 0.1) is 5.92 Å². The Morgan fingerprint density at radius 1 is 1.43 bits per heavy atom. The second-order valence-electron chi connectivity index (χ2n) is 5.59. The Morgan fingerprint density at radius 2 is 2.30 bits per heavy atom. The average Bonchev–Trinajstić information content (AvgIpc) is 2.95. The number of hydrogen-bond donors (Lipinski definition) is 2. The summed E-state index contributed by atoms with van der Waals surface area (Å²) in [5.41, 5.74) is 5.67. The highest BCUT2D eigenvalue weighted by Crippen LogP contribution is 2.23. The highest BCUT2D eigenvalue weighted by atomic mass is 79.9. The maximum atomic E-state index is 12.4. The lowest BCUT2D eigenvalue weighted by atomic mass is 9.97. The molecular formula is C15H18BrN5OS. The lowest BCUT2D eigenvalue weighted by Crippen LogP contribution is -2.40. The van der Waals surface area contributed by atoms with Gasteiger partial charge in [-0.2, -0.15) is 0 Å². The molecule has 122 valence electrons. The highest BCUT2D eigenvalue weighted by molar-refractivity contribution is 9.10. The summed E-state index contributed by atoms with van der Waals surface area (Å²) in [5.74, 6) is 0.610. The number of hydrogen-bond acceptors (Lipinski definition) is 6. The Bertz CT molecular complexity index is 675. The third-order valence-electron chi connectivity index (χ3n) is 3.81. The number of carbonyl (C=O) groups excluding carboxylic acids is 1. The van der Waals surface area contributed by atoms with E-state index in [1.807, 2.05) is 12.3 Å². The molecule has 1 amide bonds. The third kappa shape index (κ3) is 4.49. The molecule has 1 aliphatic rings. The zero-order chi connectivity index (χ0) is 16.2. The minimum atomic E-state index is -0.0144. The highest BCUT2D eigenvalue weighted by Gasteiger charge is 2.26. The van der Waals surface area contributed by atoms with Crippen LogP contribution in [-0.4, -0.2) is 33.9 Å². The fraction of sp³-hybridized carbons (Fsp3) is 0.400. The van der Waals surface area contributed by atoms with E-state index in [0.717, 1.165) is 41.8 Å². The fourth-order valence-electron chi connectivity index (χ4n) is 2.71. The van der Waals surface area contributed by atoms with Gasteiger partial charge in [0.1, 0.15) is 5.82 Å². The number of anilines is 2. The van der Waals surface area contributed by atoms with Crippen LogP contribution in [0.5, 0.6) is 0 Å². The summed E-state index contributed by atoms with van der Waals surface area (Å²) in [6.45, 7) is 2.55. The van der Waals surface area contributed by atoms with Crippen molar-refractivity contribution < 1.29 is 4.79 Å². The maximum absolute atomic E-state index is 12.4. The number of halogens is 1. The number of amides is 1. The van der Waals surface area contributed by atoms with Gasteiger partial charge < -0.3 is 11.1 Å². The van der Waals surface area contributed by atoms with Crippen LogP contribution in [0.25, 0.3) is 0 Å². The minimum Gasteiger partial charge on any atom is -0.375 e. The number of thiazole rings is 1. The number of nitrogen functional groups attached to an aromatic ring is 1. The van der Waals surface area contributed by atoms with Gasteiger partial charge in [-0.1, -0.05) is 0 Å². The molecule has 1 fully saturated rings. The molecule has 6 nitrogen and oxygen atoms in total. The number of pyridine rings is 1. The van der Waals surface area contributed by atoms with Gasteiger partial charge in [-0.3, -0.25) is 9.69 Å². The van der Waals surface area contributed by atoms with Crippen LogP contribution in [0.1, 0.15) is 17.7 Å². The summed E-state index contributed by atoms with van der Waals surface area (Å²) in [7, 11) is 0. The number of nitrogens with one attached hydrogen (secondary N) is 1. The van der Waals surface area contributed by atoms with Crippen molar-refractivity contribution in [1.82, 2.24) is 14.9 Å². The van der Waals surface area contributed by atoms with Gasteiger partial charge in [0.15, 0.2) is 5.13 Å². The summed E-state index contributed by atoms with van der Waals surface area (Å²) in [4.78, 5) is 24.1. The second-order valence-corrected chi connectivity index (χ2v) is 7.65. The van der Waals surface area contributed by atoms with Crippen molar-refractivity contribution in [3.05, 3.63) is 33.9 Å². The lowest BCUT2D eigenvalue weighted by molar-refractivity contribution is -0.121. The topological polar surface area (TPSA) is 84.1 Å². The number of piperidine rings is 1. The Morgan fingerprint density at radius 3 is 3.00 bits per heavy atom. The fourth-order valence-corrected chi connectivity index (χ4v) is 3.67. The molecule has 0 saturated carbocycles. The van der Waals surface area contributed by atoms with Gasteiger partial charge in [0, 0.05) is 34.8 Å². The predicted octanol–water partition coefficient (Wildman–Crippen LogP) is 2.73. The molecule has 2 aromatic heterocycles. The van der Waals surface area contributed by atoms with E-state index < -0.39 is 0 Å². The molecule has 0 aromatic carbocycles. The normalized spacial score (nSPS) is 18.7. The van der Waals surface area contributed by atoms with Crippen molar-refractivity contribution in [2.75, 3.05) is 24.1 Å². The quantitative estimate of drug-likeness (QED) is 0.830. The number of nitrogens with zero attached hydrogens (tertiary/aromatic N) is 3. The first-order valence-electron chi connectivity index (χ1n) is 7.45. The minimum absolute atomic E-state index is 0.0144. The number of carbonyl (C=O) groups is 1. The first kappa shape index (κ1) is 16.4. The van der Waals surface area contributed by atoms with Crippen LogP contribution in [0.4, 0.5) is 10.9 Å². The van der Waals surface area contributed by atoms with Crippen LogP contribution in [-0.2, 0) is 11.3 Å². The summed E-state index contributed by atoms with van der Waals surface area (Å²) in [6.07, 6.45) is 5.41. The summed E-state index contributed by atoms with van der Waals surface area (Å²) >= 11 is 4.84. The van der Waals surface area contributed by atoms with Gasteiger partial charge in [0.25, 0.3) is 0 Å². The summed E-state index contributed by atoms with van der Waals surface area (Å²) < 4.78 is 0.892. The maximum Gasteiger partial charge on any atom is 0.229 e. The second kappa shape index (κ2) is 7.37. The molecule has 23 heavy (non-hydrogen) atoms. The van der Waals surface area contributed by atoms with E-state index in [1.165, 1.54) is 11.3 Å². The van der Waals surface area contributed by atoms with Gasteiger partial charge in [-0.25, -0.2) is 9.97 Å². The van der Waals surface area contributed by atoms with Crippen molar-refractivity contribution in [2.45, 2.75) is 19.4 Å². The number of nitrogens with two attached hydrogens (primary N) is 1. The van der Waals surface area contributed by atoms with E-state index in [4.69, 9.17) is 5.73 Å². The van der Waals surface area contributed by atoms with Gasteiger partial charge >= 0.3 is 0 Å². The van der Waals surface area contributed by atoms with Crippen LogP contribution >= 0.6 is 27.3 Å². The Balaban J connectivity index is 1.56. The largest absolute Gasteiger partial charge is 0.375 e. The molecule has 0 bridgehead atoms. The number of rotatable bonds is 4. The monoisotopic (exact) mass is 395 g/mol. The van der Waals surface area contributed by atoms with Crippen LogP contribution in [0.3, 0.4) is 0 Å². The zero-order valence-electron chi connectivity index (χ0n) is 12.5. The van der Waals surface area contributed by atoms with Crippen LogP contribution < -0.4 is 11.1 Å². The van der Waals surface area contributed by atoms with Crippen LogP contribution in [0.2, 0.25) is 0 Å². The molecule has 0 spiro atoms. The van der Waals surface area contributed by atoms with Crippen molar-refractivity contribution in [2.24, 2.45) is 5.92 Å². The molecule has 1 atom stereocenters. The van der Waals surface area contributed by atoms with E-state index >= 15 is 0 Å². The first-order valence-corrected chi connectivity index (χ1v) is 9.06. The molecule has 2 aromatic rings. The Kier molecular flexibility index (Phi) is 5.24. The molecule has 3 heterocycles. The van der Waals surface area contributed by atoms with Gasteiger partial charge in [-0.15, -0.1) is 11.3 Å². The molecule has 1 unspecified atom stereocenters. The van der Waals surface area contributed by atoms with Crippen molar-refractivity contribution in [1.29, 1.82) is 0 Å². The summed E-state index contributed by atoms with van der Waals surface area (Å²) in [5, 5.41) is 3.49. The van der Waals surface area contributed by atoms with Crippen LogP contribution in [0.15, 0.2) is 29.0 Å². The molecule has 0 radical (unpaired) electrons. The zero-order valence-corrected chi connectivity index (χ0v) is 14.9. The van der Waals surface area contributed by atoms with Crippen molar-refractivity contribution in [3.63, 3.8) is 0 Å². The van der Waals surface area contributed by atoms with E-state index in [0.29, 0.717) is 10.9 Å². The van der Waals surface area contributed by atoms with Crippen LogP contribution in [0, 0.1) is 5.92 Å². The molecule has 0 aliphatic carbocycles. The standard InChI is InChI=1S/C15H18BrN5OS/c16-11-3-4-13(18-6-11)20-14(22)10-2-1-5-21(8-10)9-12-7-19-15(17)23-12/h3-4,6-7,10H,1-2,5,8-9H2,(H2,17,19)(H,18,20,22). The Hall–Kier alpha value is -1.51. The van der Waals surface area contributed by atoms with E-state index in [-0.39, 0.29) is 11.8 Å². The van der Waals surface area contributed by atoms with Crippen molar-refractivity contribution in [3.8, 4) is 0 Å². The van der Waals surface area contributed by atoms with Crippen molar-refractivity contribution >= 4 is 44.1 Å². The lowest BCUT2D eigenvalue weighted by Gasteiger charge is -2.31. The van der Waals surface area contributed by atoms with E-state index in [1.54, 1.807) is 12.3 Å². The smallest absolute Gasteiger partial charge is 0.229 e. The third-order valence-corrected chi connectivity index (χ3v) is 5.09. The molecular weight excluding hydrogens is 378 g/mol. The summed E-state index contributed by atoms with van der Waals surface area (Å²) in [6, 6.07) is 3.66. The first-order chi connectivity index (χ1) is 11.1. The number of likely N-dealkylation sites (tertiary alicyclic amines) is 1. The van der Waals surface area contributed by atoms with E-state index in [9.17, 15) is 4.79 Å². The van der Waals surface area contributed by atoms with Gasteiger partial charge in [0.2, 0.25) is 5.91 Å². The van der Waals surface area contributed by atoms with E-state index in [2.05, 4.69) is 36.1 Å². The molecule has 3 N–H and O–H groups in total. The molecule has 8 heteroatoms. The SMILES string of the molecule is Nc1ncc(CN2CCCC(C(=O)Nc3ccc(Br)cn3)C2)s1. The molecule has 3 rings (SSSR count). The average molecular weight is 396 g/mol. The molecule has 1 saturated heterocycles.